The fourth-order valence-electron chi connectivity index (χ4n) is 1.47. The first-order valence-electron chi connectivity index (χ1n) is 5.12. The Morgan fingerprint density at radius 3 is 2.94 bits per heavy atom. The molecule has 3 N–H and O–H groups in total. The monoisotopic (exact) mass is 274 g/mol. The van der Waals surface area contributed by atoms with Gasteiger partial charge in [-0.05, 0) is 18.2 Å². The van der Waals surface area contributed by atoms with Crippen LogP contribution < -0.4 is 10.4 Å². The largest absolute Gasteiger partial charge is 0.478 e. The molecule has 0 amide bonds. The molecule has 2 rings (SSSR count). The van der Waals surface area contributed by atoms with E-state index in [2.05, 4.69) is 5.32 Å². The van der Waals surface area contributed by atoms with Crippen LogP contribution in [0.5, 0.6) is 0 Å². The van der Waals surface area contributed by atoms with E-state index in [-0.39, 0.29) is 0 Å². The maximum absolute atomic E-state index is 10.6. The van der Waals surface area contributed by atoms with E-state index in [0.717, 1.165) is 0 Å². The SMILES string of the molecule is O=C(O)C(O)Nc1cc(Cl)ccc1N1CCOO1. The summed E-state index contributed by atoms with van der Waals surface area (Å²) in [4.78, 5) is 20.2. The van der Waals surface area contributed by atoms with Crippen LogP contribution in [0.3, 0.4) is 0 Å². The summed E-state index contributed by atoms with van der Waals surface area (Å²) in [6.07, 6.45) is -1.73. The summed E-state index contributed by atoms with van der Waals surface area (Å²) >= 11 is 5.83. The fourth-order valence-corrected chi connectivity index (χ4v) is 1.64. The predicted octanol–water partition coefficient (Wildman–Crippen LogP) is 0.838. The first-order chi connectivity index (χ1) is 8.58. The molecule has 1 unspecified atom stereocenters. The van der Waals surface area contributed by atoms with Gasteiger partial charge in [-0.2, -0.15) is 0 Å². The van der Waals surface area contributed by atoms with Crippen molar-refractivity contribution in [3.63, 3.8) is 0 Å². The van der Waals surface area contributed by atoms with Crippen LogP contribution in [0.4, 0.5) is 11.4 Å². The molecule has 0 radical (unpaired) electrons. The van der Waals surface area contributed by atoms with E-state index in [1.54, 1.807) is 12.1 Å². The van der Waals surface area contributed by atoms with Crippen molar-refractivity contribution in [2.24, 2.45) is 0 Å². The van der Waals surface area contributed by atoms with Gasteiger partial charge in [0, 0.05) is 5.02 Å². The third kappa shape index (κ3) is 2.82. The zero-order valence-corrected chi connectivity index (χ0v) is 9.92. The molecule has 1 aromatic rings. The van der Waals surface area contributed by atoms with Gasteiger partial charge < -0.3 is 15.5 Å². The molecule has 1 atom stereocenters. The molecule has 0 bridgehead atoms. The number of nitrogens with one attached hydrogen (secondary N) is 1. The van der Waals surface area contributed by atoms with Gasteiger partial charge in [-0.3, -0.25) is 0 Å². The molecule has 0 spiro atoms. The second-order valence-corrected chi connectivity index (χ2v) is 3.98. The highest BCUT2D eigenvalue weighted by atomic mass is 35.5. The molecule has 0 saturated carbocycles. The van der Waals surface area contributed by atoms with E-state index in [0.29, 0.717) is 29.5 Å². The van der Waals surface area contributed by atoms with Crippen molar-refractivity contribution < 1.29 is 24.9 Å². The topological polar surface area (TPSA) is 91.3 Å². The zero-order valence-electron chi connectivity index (χ0n) is 9.17. The minimum atomic E-state index is -1.73. The summed E-state index contributed by atoms with van der Waals surface area (Å²) in [5.74, 6) is -1.39. The first-order valence-corrected chi connectivity index (χ1v) is 5.50. The number of aliphatic hydroxyl groups excluding tert-OH is 1. The molecule has 1 aromatic carbocycles. The summed E-state index contributed by atoms with van der Waals surface area (Å²) in [6, 6.07) is 4.75. The van der Waals surface area contributed by atoms with Gasteiger partial charge in [0.2, 0.25) is 6.23 Å². The molecule has 18 heavy (non-hydrogen) atoms. The van der Waals surface area contributed by atoms with Gasteiger partial charge in [-0.15, -0.1) is 4.99 Å². The van der Waals surface area contributed by atoms with Crippen molar-refractivity contribution in [1.82, 2.24) is 0 Å². The number of rotatable bonds is 4. The molecular weight excluding hydrogens is 264 g/mol. The lowest BCUT2D eigenvalue weighted by Gasteiger charge is -2.19. The highest BCUT2D eigenvalue weighted by molar-refractivity contribution is 6.31. The van der Waals surface area contributed by atoms with Crippen LogP contribution in [0.2, 0.25) is 5.02 Å². The summed E-state index contributed by atoms with van der Waals surface area (Å²) in [5, 5.41) is 22.2. The van der Waals surface area contributed by atoms with Crippen molar-refractivity contribution in [2.45, 2.75) is 6.23 Å². The highest BCUT2D eigenvalue weighted by Crippen LogP contribution is 2.31. The molecule has 0 aromatic heterocycles. The zero-order chi connectivity index (χ0) is 13.1. The van der Waals surface area contributed by atoms with E-state index in [9.17, 15) is 9.90 Å². The standard InChI is InChI=1S/C10H11ClN2O5/c11-6-1-2-8(13-3-4-17-18-13)7(5-6)12-9(14)10(15)16/h1-2,5,9,12,14H,3-4H2,(H,15,16). The van der Waals surface area contributed by atoms with Crippen LogP contribution in [-0.4, -0.2) is 35.6 Å². The quantitative estimate of drug-likeness (QED) is 0.553. The minimum absolute atomic E-state index is 0.336. The number of nitrogens with zero attached hydrogens (tertiary/aromatic N) is 1. The van der Waals surface area contributed by atoms with Crippen LogP contribution in [-0.2, 0) is 14.7 Å². The fraction of sp³-hybridized carbons (Fsp3) is 0.300. The Hall–Kier alpha value is -1.54. The Morgan fingerprint density at radius 1 is 1.56 bits per heavy atom. The van der Waals surface area contributed by atoms with Gasteiger partial charge in [0.05, 0.1) is 17.9 Å². The Labute approximate surface area is 107 Å². The number of hydroxylamine groups is 1. The molecule has 1 saturated heterocycles. The maximum Gasteiger partial charge on any atom is 0.353 e. The molecule has 1 fully saturated rings. The number of anilines is 2. The van der Waals surface area contributed by atoms with E-state index in [1.807, 2.05) is 0 Å². The number of aliphatic carboxylic acids is 1. The van der Waals surface area contributed by atoms with Crippen molar-refractivity contribution in [2.75, 3.05) is 23.5 Å². The van der Waals surface area contributed by atoms with Gasteiger partial charge >= 0.3 is 5.97 Å². The van der Waals surface area contributed by atoms with Crippen molar-refractivity contribution in [3.8, 4) is 0 Å². The van der Waals surface area contributed by atoms with E-state index in [1.165, 1.54) is 11.1 Å². The molecule has 7 nitrogen and oxygen atoms in total. The molecule has 98 valence electrons. The number of carbonyl (C=O) groups is 1. The number of halogens is 1. The second kappa shape index (κ2) is 5.40. The lowest BCUT2D eigenvalue weighted by atomic mass is 10.2. The van der Waals surface area contributed by atoms with Crippen LogP contribution in [0.25, 0.3) is 0 Å². The van der Waals surface area contributed by atoms with E-state index in [4.69, 9.17) is 26.6 Å². The highest BCUT2D eigenvalue weighted by Gasteiger charge is 2.21. The summed E-state index contributed by atoms with van der Waals surface area (Å²) in [7, 11) is 0. The number of carboxylic acid groups (broad SMARTS) is 1. The maximum atomic E-state index is 10.6. The predicted molar refractivity (Wildman–Crippen MR) is 63.1 cm³/mol. The lowest BCUT2D eigenvalue weighted by Crippen LogP contribution is -2.29. The number of aliphatic hydroxyl groups is 1. The average molecular weight is 275 g/mol. The van der Waals surface area contributed by atoms with Crippen molar-refractivity contribution in [1.29, 1.82) is 0 Å². The number of hydrogen-bond acceptors (Lipinski definition) is 6. The Bertz CT molecular complexity index is 450. The molecule has 1 aliphatic rings. The van der Waals surface area contributed by atoms with Gasteiger partial charge in [0.25, 0.3) is 0 Å². The smallest absolute Gasteiger partial charge is 0.353 e. The Morgan fingerprint density at radius 2 is 2.33 bits per heavy atom. The van der Waals surface area contributed by atoms with Gasteiger partial charge in [-0.1, -0.05) is 11.6 Å². The summed E-state index contributed by atoms with van der Waals surface area (Å²) < 4.78 is 0. The van der Waals surface area contributed by atoms with Gasteiger partial charge in [-0.25, -0.2) is 14.7 Å². The Balaban J connectivity index is 2.25. The number of benzene rings is 1. The molecule has 8 heteroatoms. The van der Waals surface area contributed by atoms with E-state index < -0.39 is 12.2 Å². The number of hydrogen-bond donors (Lipinski definition) is 3. The van der Waals surface area contributed by atoms with Crippen LogP contribution in [0.1, 0.15) is 0 Å². The van der Waals surface area contributed by atoms with Crippen LogP contribution >= 0.6 is 11.6 Å². The third-order valence-electron chi connectivity index (χ3n) is 2.27. The Kier molecular flexibility index (Phi) is 3.87. The molecular formula is C10H11ClN2O5. The summed E-state index contributed by atoms with van der Waals surface area (Å²) in [5.41, 5.74) is 0.861. The second-order valence-electron chi connectivity index (χ2n) is 3.55. The van der Waals surface area contributed by atoms with Crippen molar-refractivity contribution >= 4 is 28.9 Å². The number of carboxylic acids is 1. The third-order valence-corrected chi connectivity index (χ3v) is 2.51. The minimum Gasteiger partial charge on any atom is -0.478 e. The van der Waals surface area contributed by atoms with Crippen LogP contribution in [0, 0.1) is 0 Å². The first kappa shape index (κ1) is 12.9. The van der Waals surface area contributed by atoms with Gasteiger partial charge in [0.15, 0.2) is 0 Å². The normalized spacial score (nSPS) is 16.7. The van der Waals surface area contributed by atoms with Gasteiger partial charge in [0.1, 0.15) is 6.61 Å². The molecule has 0 aliphatic carbocycles. The molecule has 1 aliphatic heterocycles. The van der Waals surface area contributed by atoms with Crippen molar-refractivity contribution in [3.05, 3.63) is 23.2 Å². The lowest BCUT2D eigenvalue weighted by molar-refractivity contribution is -0.258. The summed E-state index contributed by atoms with van der Waals surface area (Å²) in [6.45, 7) is 0.878. The average Bonchev–Trinajstić information content (AvgIpc) is 2.82. The van der Waals surface area contributed by atoms with E-state index >= 15 is 0 Å². The molecule has 1 heterocycles. The van der Waals surface area contributed by atoms with Crippen LogP contribution in [0.15, 0.2) is 18.2 Å².